The SMILES string of the molecule is O=C(c1ccccc1)c1nnc(Cc2ccc(Br)cc2)o1. The van der Waals surface area contributed by atoms with Crippen LogP contribution in [0.3, 0.4) is 0 Å². The fraction of sp³-hybridized carbons (Fsp3) is 0.0625. The maximum absolute atomic E-state index is 12.2. The lowest BCUT2D eigenvalue weighted by Crippen LogP contribution is -2.01. The van der Waals surface area contributed by atoms with Gasteiger partial charge >= 0.3 is 0 Å². The van der Waals surface area contributed by atoms with Crippen molar-refractivity contribution in [2.75, 3.05) is 0 Å². The lowest BCUT2D eigenvalue weighted by Gasteiger charge is -1.97. The molecule has 104 valence electrons. The fourth-order valence-electron chi connectivity index (χ4n) is 1.91. The first kappa shape index (κ1) is 13.7. The first-order valence-corrected chi connectivity index (χ1v) is 7.18. The van der Waals surface area contributed by atoms with Crippen LogP contribution in [-0.4, -0.2) is 16.0 Å². The molecule has 0 atom stereocenters. The predicted octanol–water partition coefficient (Wildman–Crippen LogP) is 3.65. The van der Waals surface area contributed by atoms with Crippen molar-refractivity contribution in [2.24, 2.45) is 0 Å². The van der Waals surface area contributed by atoms with Crippen LogP contribution in [0.15, 0.2) is 63.5 Å². The molecule has 0 aliphatic rings. The number of rotatable bonds is 4. The van der Waals surface area contributed by atoms with Crippen LogP contribution in [0.4, 0.5) is 0 Å². The molecule has 1 heterocycles. The molecule has 2 aromatic carbocycles. The first-order chi connectivity index (χ1) is 10.2. The van der Waals surface area contributed by atoms with E-state index in [0.29, 0.717) is 17.9 Å². The van der Waals surface area contributed by atoms with Gasteiger partial charge in [0.25, 0.3) is 5.89 Å². The normalized spacial score (nSPS) is 10.5. The van der Waals surface area contributed by atoms with E-state index in [9.17, 15) is 4.79 Å². The van der Waals surface area contributed by atoms with Crippen LogP contribution in [0.1, 0.15) is 27.7 Å². The number of nitrogens with zero attached hydrogens (tertiary/aromatic N) is 2. The van der Waals surface area contributed by atoms with Crippen molar-refractivity contribution in [3.05, 3.63) is 82.0 Å². The van der Waals surface area contributed by atoms with Crippen LogP contribution in [0.2, 0.25) is 0 Å². The molecule has 0 spiro atoms. The number of hydrogen-bond acceptors (Lipinski definition) is 4. The Bertz CT molecular complexity index is 751. The second-order valence-electron chi connectivity index (χ2n) is 4.50. The second kappa shape index (κ2) is 6.01. The number of carbonyl (C=O) groups is 1. The van der Waals surface area contributed by atoms with Crippen LogP contribution in [0.5, 0.6) is 0 Å². The van der Waals surface area contributed by atoms with Crippen molar-refractivity contribution < 1.29 is 9.21 Å². The number of halogens is 1. The average Bonchev–Trinajstić information content (AvgIpc) is 2.98. The van der Waals surface area contributed by atoms with Gasteiger partial charge in [-0.3, -0.25) is 4.79 Å². The fourth-order valence-corrected chi connectivity index (χ4v) is 2.17. The van der Waals surface area contributed by atoms with E-state index in [-0.39, 0.29) is 11.7 Å². The van der Waals surface area contributed by atoms with Crippen molar-refractivity contribution in [1.29, 1.82) is 0 Å². The Balaban J connectivity index is 1.77. The molecule has 0 amide bonds. The van der Waals surface area contributed by atoms with E-state index in [0.717, 1.165) is 10.0 Å². The van der Waals surface area contributed by atoms with Gasteiger partial charge in [0.15, 0.2) is 0 Å². The monoisotopic (exact) mass is 342 g/mol. The lowest BCUT2D eigenvalue weighted by atomic mass is 10.1. The van der Waals surface area contributed by atoms with E-state index in [4.69, 9.17) is 4.42 Å². The predicted molar refractivity (Wildman–Crippen MR) is 81.1 cm³/mol. The van der Waals surface area contributed by atoms with Crippen molar-refractivity contribution in [1.82, 2.24) is 10.2 Å². The summed E-state index contributed by atoms with van der Waals surface area (Å²) in [4.78, 5) is 12.2. The molecule has 0 saturated carbocycles. The van der Waals surface area contributed by atoms with Crippen molar-refractivity contribution in [3.8, 4) is 0 Å². The third-order valence-corrected chi connectivity index (χ3v) is 3.49. The van der Waals surface area contributed by atoms with Crippen molar-refractivity contribution in [2.45, 2.75) is 6.42 Å². The van der Waals surface area contributed by atoms with E-state index in [1.54, 1.807) is 24.3 Å². The molecule has 0 fully saturated rings. The minimum atomic E-state index is -0.259. The van der Waals surface area contributed by atoms with Gasteiger partial charge in [0, 0.05) is 10.0 Å². The Hall–Kier alpha value is -2.27. The Morgan fingerprint density at radius 2 is 1.71 bits per heavy atom. The number of hydrogen-bond donors (Lipinski definition) is 0. The molecular formula is C16H11BrN2O2. The van der Waals surface area contributed by atoms with Gasteiger partial charge in [-0.1, -0.05) is 58.4 Å². The van der Waals surface area contributed by atoms with E-state index >= 15 is 0 Å². The summed E-state index contributed by atoms with van der Waals surface area (Å²) < 4.78 is 6.46. The van der Waals surface area contributed by atoms with Gasteiger partial charge in [-0.15, -0.1) is 10.2 Å². The summed E-state index contributed by atoms with van der Waals surface area (Å²) in [7, 11) is 0. The molecule has 4 nitrogen and oxygen atoms in total. The molecule has 3 rings (SSSR count). The molecule has 0 saturated heterocycles. The van der Waals surface area contributed by atoms with Gasteiger partial charge in [0.1, 0.15) is 0 Å². The molecule has 0 radical (unpaired) electrons. The number of ketones is 1. The lowest BCUT2D eigenvalue weighted by molar-refractivity contribution is 0.100. The smallest absolute Gasteiger partial charge is 0.289 e. The van der Waals surface area contributed by atoms with E-state index in [1.165, 1.54) is 0 Å². The summed E-state index contributed by atoms with van der Waals surface area (Å²) in [6.07, 6.45) is 0.502. The summed E-state index contributed by atoms with van der Waals surface area (Å²) in [5.74, 6) is 0.190. The Morgan fingerprint density at radius 1 is 1.00 bits per heavy atom. The van der Waals surface area contributed by atoms with E-state index in [2.05, 4.69) is 26.1 Å². The molecule has 21 heavy (non-hydrogen) atoms. The zero-order valence-electron chi connectivity index (χ0n) is 11.0. The van der Waals surface area contributed by atoms with Crippen LogP contribution in [0, 0.1) is 0 Å². The molecule has 0 aliphatic heterocycles. The first-order valence-electron chi connectivity index (χ1n) is 6.39. The highest BCUT2D eigenvalue weighted by Crippen LogP contribution is 2.15. The van der Waals surface area contributed by atoms with Crippen LogP contribution in [0.25, 0.3) is 0 Å². The largest absolute Gasteiger partial charge is 0.418 e. The highest BCUT2D eigenvalue weighted by molar-refractivity contribution is 9.10. The topological polar surface area (TPSA) is 56.0 Å². The summed E-state index contributed by atoms with van der Waals surface area (Å²) in [5.41, 5.74) is 1.58. The minimum Gasteiger partial charge on any atom is -0.418 e. The van der Waals surface area contributed by atoms with Gasteiger partial charge in [0.2, 0.25) is 11.7 Å². The Labute approximate surface area is 130 Å². The van der Waals surface area contributed by atoms with E-state index in [1.807, 2.05) is 30.3 Å². The number of carbonyl (C=O) groups excluding carboxylic acids is 1. The van der Waals surface area contributed by atoms with Crippen molar-refractivity contribution in [3.63, 3.8) is 0 Å². The molecule has 1 aromatic heterocycles. The van der Waals surface area contributed by atoms with Gasteiger partial charge < -0.3 is 4.42 Å². The minimum absolute atomic E-state index is 0.0216. The molecule has 5 heteroatoms. The summed E-state index contributed by atoms with van der Waals surface area (Å²) in [5, 5.41) is 7.76. The van der Waals surface area contributed by atoms with E-state index < -0.39 is 0 Å². The third kappa shape index (κ3) is 3.25. The zero-order chi connectivity index (χ0) is 14.7. The molecule has 3 aromatic rings. The highest BCUT2D eigenvalue weighted by atomic mass is 79.9. The Morgan fingerprint density at radius 3 is 2.43 bits per heavy atom. The molecule has 0 bridgehead atoms. The number of benzene rings is 2. The van der Waals surface area contributed by atoms with Crippen LogP contribution >= 0.6 is 15.9 Å². The maximum atomic E-state index is 12.2. The zero-order valence-corrected chi connectivity index (χ0v) is 12.6. The highest BCUT2D eigenvalue weighted by Gasteiger charge is 2.16. The summed E-state index contributed by atoms with van der Waals surface area (Å²) >= 11 is 3.38. The van der Waals surface area contributed by atoms with Crippen molar-refractivity contribution >= 4 is 21.7 Å². The molecular weight excluding hydrogens is 332 g/mol. The van der Waals surface area contributed by atoms with Gasteiger partial charge in [-0.25, -0.2) is 0 Å². The third-order valence-electron chi connectivity index (χ3n) is 2.97. The molecule has 0 unspecified atom stereocenters. The maximum Gasteiger partial charge on any atom is 0.289 e. The summed E-state index contributed by atoms with van der Waals surface area (Å²) in [6, 6.07) is 16.7. The quantitative estimate of drug-likeness (QED) is 0.679. The molecule has 0 aliphatic carbocycles. The second-order valence-corrected chi connectivity index (χ2v) is 5.42. The van der Waals surface area contributed by atoms with Crippen LogP contribution < -0.4 is 0 Å². The van der Waals surface area contributed by atoms with Gasteiger partial charge in [0.05, 0.1) is 6.42 Å². The van der Waals surface area contributed by atoms with Gasteiger partial charge in [-0.05, 0) is 17.7 Å². The molecule has 0 N–H and O–H groups in total. The Kier molecular flexibility index (Phi) is 3.92. The standard InChI is InChI=1S/C16H11BrN2O2/c17-13-8-6-11(7-9-13)10-14-18-19-16(21-14)15(20)12-4-2-1-3-5-12/h1-9H,10H2. The number of aromatic nitrogens is 2. The summed E-state index contributed by atoms with van der Waals surface area (Å²) in [6.45, 7) is 0. The average molecular weight is 343 g/mol. The van der Waals surface area contributed by atoms with Gasteiger partial charge in [-0.2, -0.15) is 0 Å². The van der Waals surface area contributed by atoms with Crippen LogP contribution in [-0.2, 0) is 6.42 Å².